The van der Waals surface area contributed by atoms with E-state index in [9.17, 15) is 4.79 Å². The summed E-state index contributed by atoms with van der Waals surface area (Å²) in [5, 5.41) is 2.82. The van der Waals surface area contributed by atoms with Gasteiger partial charge in [0.1, 0.15) is 0 Å². The van der Waals surface area contributed by atoms with Gasteiger partial charge < -0.3 is 10.2 Å². The second-order valence-electron chi connectivity index (χ2n) is 2.86. The minimum atomic E-state index is 0. The third-order valence-corrected chi connectivity index (χ3v) is 1.43. The van der Waals surface area contributed by atoms with Gasteiger partial charge in [0.05, 0.1) is 0 Å². The minimum Gasteiger partial charge on any atom is -0.356 e. The molecular formula is C8H20Cl2N2O. The predicted molar refractivity (Wildman–Crippen MR) is 61.0 cm³/mol. The lowest BCUT2D eigenvalue weighted by atomic mass is 10.4. The molecule has 0 rings (SSSR count). The molecule has 0 fully saturated rings. The Kier molecular flexibility index (Phi) is 17.3. The van der Waals surface area contributed by atoms with Crippen LogP contribution in [-0.4, -0.2) is 38.0 Å². The molecule has 0 aliphatic carbocycles. The number of carbonyl (C=O) groups is 1. The van der Waals surface area contributed by atoms with Crippen molar-refractivity contribution in [2.45, 2.75) is 19.8 Å². The fraction of sp³-hybridized carbons (Fsp3) is 0.875. The lowest BCUT2D eigenvalue weighted by molar-refractivity contribution is -0.120. The lowest BCUT2D eigenvalue weighted by Gasteiger charge is -2.08. The summed E-state index contributed by atoms with van der Waals surface area (Å²) < 4.78 is 0. The van der Waals surface area contributed by atoms with Crippen molar-refractivity contribution in [2.75, 3.05) is 27.2 Å². The topological polar surface area (TPSA) is 32.3 Å². The van der Waals surface area contributed by atoms with E-state index >= 15 is 0 Å². The van der Waals surface area contributed by atoms with Crippen LogP contribution in [0.1, 0.15) is 19.8 Å². The van der Waals surface area contributed by atoms with Gasteiger partial charge in [0.15, 0.2) is 0 Å². The van der Waals surface area contributed by atoms with Crippen molar-refractivity contribution in [3.05, 3.63) is 0 Å². The van der Waals surface area contributed by atoms with E-state index in [1.807, 2.05) is 21.0 Å². The molecule has 1 amide bonds. The van der Waals surface area contributed by atoms with Gasteiger partial charge in [-0.05, 0) is 27.1 Å². The molecule has 13 heavy (non-hydrogen) atoms. The van der Waals surface area contributed by atoms with Crippen LogP contribution in [0.15, 0.2) is 0 Å². The molecule has 0 heterocycles. The molecule has 0 aromatic carbocycles. The largest absolute Gasteiger partial charge is 0.356 e. The van der Waals surface area contributed by atoms with E-state index in [0.717, 1.165) is 19.5 Å². The molecule has 0 saturated heterocycles. The van der Waals surface area contributed by atoms with Crippen LogP contribution >= 0.6 is 24.8 Å². The van der Waals surface area contributed by atoms with Crippen molar-refractivity contribution in [1.29, 1.82) is 0 Å². The average molecular weight is 231 g/mol. The zero-order chi connectivity index (χ0) is 8.69. The SMILES string of the molecule is CCC(=O)NCCCN(C)C.Cl.Cl. The molecule has 3 nitrogen and oxygen atoms in total. The molecular weight excluding hydrogens is 211 g/mol. The van der Waals surface area contributed by atoms with Crippen molar-refractivity contribution in [3.8, 4) is 0 Å². The highest BCUT2D eigenvalue weighted by Crippen LogP contribution is 1.81. The van der Waals surface area contributed by atoms with Crippen molar-refractivity contribution < 1.29 is 4.79 Å². The van der Waals surface area contributed by atoms with Crippen LogP contribution in [0.2, 0.25) is 0 Å². The highest BCUT2D eigenvalue weighted by Gasteiger charge is 1.94. The van der Waals surface area contributed by atoms with Gasteiger partial charge >= 0.3 is 0 Å². The van der Waals surface area contributed by atoms with Crippen LogP contribution in [0, 0.1) is 0 Å². The first kappa shape index (κ1) is 18.7. The molecule has 1 N–H and O–H groups in total. The Bertz CT molecular complexity index is 121. The van der Waals surface area contributed by atoms with Gasteiger partial charge in [-0.3, -0.25) is 4.79 Å². The standard InChI is InChI=1S/C8H18N2O.2ClH/c1-4-8(11)9-6-5-7-10(2)3;;/h4-7H2,1-3H3,(H,9,11);2*1H. The fourth-order valence-electron chi connectivity index (χ4n) is 0.748. The van der Waals surface area contributed by atoms with E-state index in [0.29, 0.717) is 6.42 Å². The summed E-state index contributed by atoms with van der Waals surface area (Å²) in [6.07, 6.45) is 1.61. The van der Waals surface area contributed by atoms with E-state index in [1.165, 1.54) is 0 Å². The first-order valence-electron chi connectivity index (χ1n) is 4.08. The fourth-order valence-corrected chi connectivity index (χ4v) is 0.748. The van der Waals surface area contributed by atoms with Crippen molar-refractivity contribution in [3.63, 3.8) is 0 Å². The molecule has 0 spiro atoms. The highest BCUT2D eigenvalue weighted by atomic mass is 35.5. The Hall–Kier alpha value is 0.01000. The van der Waals surface area contributed by atoms with Crippen LogP contribution < -0.4 is 5.32 Å². The number of hydrogen-bond acceptors (Lipinski definition) is 2. The summed E-state index contributed by atoms with van der Waals surface area (Å²) in [5.41, 5.74) is 0. The maximum absolute atomic E-state index is 10.7. The summed E-state index contributed by atoms with van der Waals surface area (Å²) >= 11 is 0. The number of amides is 1. The third-order valence-electron chi connectivity index (χ3n) is 1.43. The van der Waals surface area contributed by atoms with Gasteiger partial charge in [-0.2, -0.15) is 0 Å². The van der Waals surface area contributed by atoms with Gasteiger partial charge in [0, 0.05) is 13.0 Å². The quantitative estimate of drug-likeness (QED) is 0.723. The number of nitrogens with one attached hydrogen (secondary N) is 1. The Balaban J connectivity index is -0.000000500. The Labute approximate surface area is 93.1 Å². The number of carbonyl (C=O) groups excluding carboxylic acids is 1. The summed E-state index contributed by atoms with van der Waals surface area (Å²) in [5.74, 6) is 0.142. The molecule has 0 aliphatic rings. The summed E-state index contributed by atoms with van der Waals surface area (Å²) in [6.45, 7) is 3.69. The number of rotatable bonds is 5. The van der Waals surface area contributed by atoms with E-state index in [4.69, 9.17) is 0 Å². The Morgan fingerprint density at radius 3 is 2.23 bits per heavy atom. The Morgan fingerprint density at radius 1 is 1.31 bits per heavy atom. The molecule has 0 aromatic heterocycles. The summed E-state index contributed by atoms with van der Waals surface area (Å²) in [4.78, 5) is 12.8. The van der Waals surface area contributed by atoms with E-state index in [1.54, 1.807) is 0 Å². The second-order valence-corrected chi connectivity index (χ2v) is 2.86. The molecule has 82 valence electrons. The first-order valence-corrected chi connectivity index (χ1v) is 4.08. The average Bonchev–Trinajstić information content (AvgIpc) is 1.97. The molecule has 0 aromatic rings. The van der Waals surface area contributed by atoms with Crippen LogP contribution in [0.4, 0.5) is 0 Å². The minimum absolute atomic E-state index is 0. The van der Waals surface area contributed by atoms with Crippen LogP contribution in [-0.2, 0) is 4.79 Å². The second kappa shape index (κ2) is 12.0. The monoisotopic (exact) mass is 230 g/mol. The number of halogens is 2. The zero-order valence-electron chi connectivity index (χ0n) is 8.50. The van der Waals surface area contributed by atoms with Crippen molar-refractivity contribution in [1.82, 2.24) is 10.2 Å². The number of hydrogen-bond donors (Lipinski definition) is 1. The van der Waals surface area contributed by atoms with Crippen molar-refractivity contribution in [2.24, 2.45) is 0 Å². The Morgan fingerprint density at radius 2 is 1.85 bits per heavy atom. The normalized spacial score (nSPS) is 8.62. The lowest BCUT2D eigenvalue weighted by Crippen LogP contribution is -2.26. The molecule has 5 heteroatoms. The molecule has 0 bridgehead atoms. The highest BCUT2D eigenvalue weighted by molar-refractivity contribution is 5.85. The summed E-state index contributed by atoms with van der Waals surface area (Å²) in [7, 11) is 4.06. The third kappa shape index (κ3) is 14.8. The molecule has 0 saturated carbocycles. The summed E-state index contributed by atoms with van der Waals surface area (Å²) in [6, 6.07) is 0. The number of nitrogens with zero attached hydrogens (tertiary/aromatic N) is 1. The van der Waals surface area contributed by atoms with Gasteiger partial charge in [0.25, 0.3) is 0 Å². The smallest absolute Gasteiger partial charge is 0.219 e. The zero-order valence-corrected chi connectivity index (χ0v) is 10.1. The first-order chi connectivity index (χ1) is 5.16. The van der Waals surface area contributed by atoms with E-state index in [2.05, 4.69) is 10.2 Å². The molecule has 0 unspecified atom stereocenters. The van der Waals surface area contributed by atoms with Gasteiger partial charge in [-0.1, -0.05) is 6.92 Å². The van der Waals surface area contributed by atoms with Gasteiger partial charge in [-0.25, -0.2) is 0 Å². The molecule has 0 aliphatic heterocycles. The van der Waals surface area contributed by atoms with Crippen LogP contribution in [0.25, 0.3) is 0 Å². The van der Waals surface area contributed by atoms with E-state index < -0.39 is 0 Å². The molecule has 0 atom stereocenters. The van der Waals surface area contributed by atoms with E-state index in [-0.39, 0.29) is 30.7 Å². The van der Waals surface area contributed by atoms with Crippen LogP contribution in [0.5, 0.6) is 0 Å². The maximum atomic E-state index is 10.7. The predicted octanol–water partition coefficient (Wildman–Crippen LogP) is 1.31. The maximum Gasteiger partial charge on any atom is 0.219 e. The van der Waals surface area contributed by atoms with Gasteiger partial charge in [0.2, 0.25) is 5.91 Å². The van der Waals surface area contributed by atoms with Crippen LogP contribution in [0.3, 0.4) is 0 Å². The molecule has 0 radical (unpaired) electrons. The van der Waals surface area contributed by atoms with Gasteiger partial charge in [-0.15, -0.1) is 24.8 Å². The van der Waals surface area contributed by atoms with Crippen molar-refractivity contribution >= 4 is 30.7 Å².